The molecule has 0 aliphatic rings. The molecule has 9 heteroatoms. The van der Waals surface area contributed by atoms with Crippen LogP contribution in [-0.2, 0) is 11.4 Å². The van der Waals surface area contributed by atoms with E-state index < -0.39 is 11.4 Å². The van der Waals surface area contributed by atoms with Crippen molar-refractivity contribution in [2.45, 2.75) is 4.90 Å². The average Bonchev–Trinajstić information content (AvgIpc) is 3.13. The lowest BCUT2D eigenvalue weighted by molar-refractivity contribution is 0.587. The smallest absolute Gasteiger partial charge is 0.188 e. The fourth-order valence-corrected chi connectivity index (χ4v) is 3.59. The van der Waals surface area contributed by atoms with E-state index in [2.05, 4.69) is 15.3 Å². The van der Waals surface area contributed by atoms with Crippen molar-refractivity contribution in [3.8, 4) is 0 Å². The van der Waals surface area contributed by atoms with Gasteiger partial charge in [0.05, 0.1) is 36.0 Å². The van der Waals surface area contributed by atoms with Crippen LogP contribution < -0.4 is 22.5 Å². The number of allylic oxidation sites excluding steroid dienone is 1. The van der Waals surface area contributed by atoms with Crippen LogP contribution in [0.3, 0.4) is 0 Å². The summed E-state index contributed by atoms with van der Waals surface area (Å²) in [6, 6.07) is 11.0. The fourth-order valence-electron chi connectivity index (χ4n) is 2.50. The molecule has 8 nitrogen and oxygen atoms in total. The van der Waals surface area contributed by atoms with E-state index in [1.54, 1.807) is 16.4 Å². The Morgan fingerprint density at radius 1 is 1.30 bits per heavy atom. The summed E-state index contributed by atoms with van der Waals surface area (Å²) in [5, 5.41) is 3.89. The molecule has 0 amide bonds. The van der Waals surface area contributed by atoms with Crippen LogP contribution >= 0.6 is 0 Å². The van der Waals surface area contributed by atoms with Crippen molar-refractivity contribution in [2.24, 2.45) is 16.5 Å². The molecular weight excluding hydrogens is 362 g/mol. The molecule has 2 aromatic heterocycles. The van der Waals surface area contributed by atoms with E-state index in [4.69, 9.17) is 17.2 Å². The summed E-state index contributed by atoms with van der Waals surface area (Å²) < 4.78 is 14.5. The molecule has 0 bridgehead atoms. The summed E-state index contributed by atoms with van der Waals surface area (Å²) >= 11 is -1.42. The van der Waals surface area contributed by atoms with E-state index >= 15 is 0 Å². The maximum absolute atomic E-state index is 12.9. The van der Waals surface area contributed by atoms with Gasteiger partial charge in [-0.05, 0) is 18.2 Å². The van der Waals surface area contributed by atoms with Gasteiger partial charge in [-0.2, -0.15) is 0 Å². The first-order chi connectivity index (χ1) is 13.2. The number of anilines is 2. The molecule has 0 fully saturated rings. The van der Waals surface area contributed by atoms with Crippen LogP contribution in [0.5, 0.6) is 0 Å². The van der Waals surface area contributed by atoms with Crippen molar-refractivity contribution >= 4 is 40.0 Å². The largest absolute Gasteiger partial charge is 0.587 e. The second kappa shape index (κ2) is 8.58. The van der Waals surface area contributed by atoms with Crippen LogP contribution in [0.15, 0.2) is 70.6 Å². The van der Waals surface area contributed by atoms with E-state index in [1.807, 2.05) is 36.4 Å². The first-order valence-corrected chi connectivity index (χ1v) is 9.38. The second-order valence-corrected chi connectivity index (χ2v) is 6.96. The molecular formula is C18H21N7OS. The lowest BCUT2D eigenvalue weighted by Crippen LogP contribution is -2.13. The van der Waals surface area contributed by atoms with Crippen LogP contribution in [0.2, 0.25) is 0 Å². The molecule has 3 aromatic rings. The Morgan fingerprint density at radius 3 is 2.78 bits per heavy atom. The molecule has 0 aliphatic carbocycles. The minimum absolute atomic E-state index is 0.442. The van der Waals surface area contributed by atoms with E-state index in [0.29, 0.717) is 40.7 Å². The summed E-state index contributed by atoms with van der Waals surface area (Å²) in [7, 11) is 0. The Bertz CT molecular complexity index is 969. The van der Waals surface area contributed by atoms with Gasteiger partial charge in [0.2, 0.25) is 0 Å². The van der Waals surface area contributed by atoms with Crippen molar-refractivity contribution in [3.63, 3.8) is 0 Å². The van der Waals surface area contributed by atoms with Gasteiger partial charge in [-0.15, -0.1) is 3.97 Å². The molecule has 2 heterocycles. The third-order valence-corrected chi connectivity index (χ3v) is 5.10. The molecule has 140 valence electrons. The SMILES string of the molecule is NC=C(C=NCCN)Nc1c(N)cnc2c1ccn2[S+]([O-])c1ccccc1. The van der Waals surface area contributed by atoms with Gasteiger partial charge in [-0.1, -0.05) is 18.2 Å². The third-order valence-electron chi connectivity index (χ3n) is 3.77. The molecule has 0 saturated heterocycles. The van der Waals surface area contributed by atoms with Gasteiger partial charge in [0.15, 0.2) is 10.5 Å². The summed E-state index contributed by atoms with van der Waals surface area (Å²) in [5.74, 6) is 0. The number of nitrogens with zero attached hydrogens (tertiary/aromatic N) is 3. The molecule has 1 atom stereocenters. The zero-order chi connectivity index (χ0) is 19.2. The molecule has 0 spiro atoms. The number of aliphatic imine (C=N–C) groups is 1. The summed E-state index contributed by atoms with van der Waals surface area (Å²) in [6.07, 6.45) is 6.23. The van der Waals surface area contributed by atoms with Crippen molar-refractivity contribution in [1.82, 2.24) is 8.96 Å². The van der Waals surface area contributed by atoms with Gasteiger partial charge in [0.25, 0.3) is 0 Å². The molecule has 7 N–H and O–H groups in total. The lowest BCUT2D eigenvalue weighted by atomic mass is 10.2. The summed E-state index contributed by atoms with van der Waals surface area (Å²) in [4.78, 5) is 9.21. The molecule has 27 heavy (non-hydrogen) atoms. The van der Waals surface area contributed by atoms with Gasteiger partial charge in [-0.25, -0.2) is 4.98 Å². The van der Waals surface area contributed by atoms with E-state index in [-0.39, 0.29) is 0 Å². The number of nitrogen functional groups attached to an aromatic ring is 1. The zero-order valence-electron chi connectivity index (χ0n) is 14.6. The average molecular weight is 383 g/mol. The van der Waals surface area contributed by atoms with Crippen LogP contribution in [0.1, 0.15) is 0 Å². The Kier molecular flexibility index (Phi) is 5.97. The first kappa shape index (κ1) is 18.8. The number of nitrogens with two attached hydrogens (primary N) is 3. The number of pyridine rings is 1. The summed E-state index contributed by atoms with van der Waals surface area (Å²) in [6.45, 7) is 0.941. The third kappa shape index (κ3) is 4.05. The molecule has 0 radical (unpaired) electrons. The Hall–Kier alpha value is -3.01. The Morgan fingerprint density at radius 2 is 2.07 bits per heavy atom. The number of benzene rings is 1. The number of nitrogens with one attached hydrogen (secondary N) is 1. The fraction of sp³-hybridized carbons (Fsp3) is 0.111. The first-order valence-electron chi connectivity index (χ1n) is 8.27. The highest BCUT2D eigenvalue weighted by atomic mass is 32.2. The zero-order valence-corrected chi connectivity index (χ0v) is 15.4. The van der Waals surface area contributed by atoms with Gasteiger partial charge in [0.1, 0.15) is 11.4 Å². The van der Waals surface area contributed by atoms with Gasteiger partial charge < -0.3 is 27.1 Å². The molecule has 1 unspecified atom stereocenters. The van der Waals surface area contributed by atoms with E-state index in [0.717, 1.165) is 5.39 Å². The quantitative estimate of drug-likeness (QED) is 0.359. The number of aromatic nitrogens is 2. The van der Waals surface area contributed by atoms with Crippen molar-refractivity contribution < 1.29 is 4.55 Å². The standard InChI is InChI=1S/C18H21N7OS/c19-7-8-22-11-13(10-20)24-17-15-6-9-25(18(15)23-12-16(17)21)27(26)14-4-2-1-3-5-14/h1-6,9-12H,7-8,19-21H2,(H,23,24). The van der Waals surface area contributed by atoms with E-state index in [1.165, 1.54) is 12.4 Å². The maximum atomic E-state index is 12.9. The lowest BCUT2D eigenvalue weighted by Gasteiger charge is -2.13. The summed E-state index contributed by atoms with van der Waals surface area (Å²) in [5.41, 5.74) is 19.4. The highest BCUT2D eigenvalue weighted by molar-refractivity contribution is 7.90. The molecule has 0 aliphatic heterocycles. The van der Waals surface area contributed by atoms with Crippen molar-refractivity contribution in [1.29, 1.82) is 0 Å². The molecule has 0 saturated carbocycles. The van der Waals surface area contributed by atoms with Crippen molar-refractivity contribution in [2.75, 3.05) is 24.1 Å². The van der Waals surface area contributed by atoms with Crippen molar-refractivity contribution in [3.05, 3.63) is 60.7 Å². The maximum Gasteiger partial charge on any atom is 0.188 e. The second-order valence-electron chi connectivity index (χ2n) is 5.60. The predicted molar refractivity (Wildman–Crippen MR) is 111 cm³/mol. The van der Waals surface area contributed by atoms with Gasteiger partial charge in [-0.3, -0.25) is 4.99 Å². The van der Waals surface area contributed by atoms with Crippen LogP contribution in [0.25, 0.3) is 11.0 Å². The number of hydrogen-bond donors (Lipinski definition) is 4. The van der Waals surface area contributed by atoms with Gasteiger partial charge >= 0.3 is 0 Å². The van der Waals surface area contributed by atoms with Crippen LogP contribution in [-0.4, -0.2) is 32.8 Å². The van der Waals surface area contributed by atoms with Crippen LogP contribution in [0.4, 0.5) is 11.4 Å². The van der Waals surface area contributed by atoms with E-state index in [9.17, 15) is 4.55 Å². The highest BCUT2D eigenvalue weighted by Crippen LogP contribution is 2.31. The minimum atomic E-state index is -1.42. The Labute approximate surface area is 160 Å². The number of hydrogen-bond acceptors (Lipinski definition) is 7. The number of rotatable bonds is 7. The van der Waals surface area contributed by atoms with Gasteiger partial charge in [0, 0.05) is 24.3 Å². The normalized spacial score (nSPS) is 13.3. The molecule has 1 aromatic carbocycles. The highest BCUT2D eigenvalue weighted by Gasteiger charge is 2.20. The van der Waals surface area contributed by atoms with Crippen LogP contribution in [0, 0.1) is 0 Å². The minimum Gasteiger partial charge on any atom is -0.587 e. The number of fused-ring (bicyclic) bond motifs is 1. The molecule has 3 rings (SSSR count). The Balaban J connectivity index is 1.98. The predicted octanol–water partition coefficient (Wildman–Crippen LogP) is 1.43. The monoisotopic (exact) mass is 383 g/mol. The topological polar surface area (TPSA) is 143 Å².